The second-order valence-electron chi connectivity index (χ2n) is 7.01. The summed E-state index contributed by atoms with van der Waals surface area (Å²) in [5.74, 6) is 0. The van der Waals surface area contributed by atoms with Crippen molar-refractivity contribution < 1.29 is 14.3 Å². The van der Waals surface area contributed by atoms with Crippen LogP contribution in [0, 0.1) is 0 Å². The summed E-state index contributed by atoms with van der Waals surface area (Å²) in [7, 11) is 3.87. The first-order valence-electron chi connectivity index (χ1n) is 9.95. The zero-order valence-corrected chi connectivity index (χ0v) is 19.9. The van der Waals surface area contributed by atoms with Gasteiger partial charge in [-0.25, -0.2) is 4.79 Å². The van der Waals surface area contributed by atoms with Crippen molar-refractivity contribution in [2.75, 3.05) is 60.1 Å². The number of nitrogens with zero attached hydrogens (tertiary/aromatic N) is 3. The van der Waals surface area contributed by atoms with Crippen molar-refractivity contribution in [3.05, 3.63) is 0 Å². The van der Waals surface area contributed by atoms with Gasteiger partial charge in [-0.15, -0.1) is 0 Å². The maximum atomic E-state index is 12.2. The van der Waals surface area contributed by atoms with Crippen LogP contribution in [0.15, 0.2) is 0 Å². The Morgan fingerprint density at radius 2 is 1.77 bits per heavy atom. The third-order valence-electron chi connectivity index (χ3n) is 5.61. The molecule has 0 spiro atoms. The van der Waals surface area contributed by atoms with Crippen molar-refractivity contribution in [2.45, 2.75) is 56.0 Å². The number of piperazine rings is 1. The van der Waals surface area contributed by atoms with Gasteiger partial charge in [-0.3, -0.25) is 4.90 Å². The van der Waals surface area contributed by atoms with Crippen LogP contribution in [-0.2, 0) is 9.47 Å². The summed E-state index contributed by atoms with van der Waals surface area (Å²) in [6.07, 6.45) is 4.57. The summed E-state index contributed by atoms with van der Waals surface area (Å²) >= 11 is 1.75. The second kappa shape index (κ2) is 12.4. The normalized spacial score (nSPS) is 28.5. The monoisotopic (exact) mass is 477 g/mol. The van der Waals surface area contributed by atoms with E-state index in [-0.39, 0.29) is 11.6 Å². The Hall–Kier alpha value is -0.0318. The van der Waals surface area contributed by atoms with Gasteiger partial charge in [0.1, 0.15) is 6.61 Å². The van der Waals surface area contributed by atoms with E-state index in [1.54, 1.807) is 30.1 Å². The van der Waals surface area contributed by atoms with E-state index in [1.807, 2.05) is 18.7 Å². The molecule has 0 N–H and O–H groups in total. The molecule has 0 aromatic carbocycles. The first-order chi connectivity index (χ1) is 12.6. The van der Waals surface area contributed by atoms with Gasteiger partial charge in [0.15, 0.2) is 0 Å². The molecule has 2 atom stereocenters. The van der Waals surface area contributed by atoms with Gasteiger partial charge in [-0.2, -0.15) is 0 Å². The van der Waals surface area contributed by atoms with Gasteiger partial charge in [0.25, 0.3) is 0 Å². The molecule has 0 saturated carbocycles. The van der Waals surface area contributed by atoms with E-state index in [1.165, 1.54) is 12.8 Å². The summed E-state index contributed by atoms with van der Waals surface area (Å²) in [6.45, 7) is 9.85. The molecule has 152 valence electrons. The molecular weight excluding hydrogens is 440 g/mol. The molecule has 6 nitrogen and oxygen atoms in total. The number of methoxy groups -OCH3 is 1. The topological polar surface area (TPSA) is 45.3 Å². The summed E-state index contributed by atoms with van der Waals surface area (Å²) < 4.78 is 11.1. The summed E-state index contributed by atoms with van der Waals surface area (Å²) in [5.41, 5.74) is 0.208. The number of fused-ring (bicyclic) bond motifs is 1. The van der Waals surface area contributed by atoms with Crippen molar-refractivity contribution in [3.8, 4) is 0 Å². The fourth-order valence-electron chi connectivity index (χ4n) is 4.31. The van der Waals surface area contributed by atoms with Crippen molar-refractivity contribution in [1.82, 2.24) is 14.7 Å². The zero-order valence-electron chi connectivity index (χ0n) is 17.4. The molecule has 3 heterocycles. The van der Waals surface area contributed by atoms with E-state index in [0.29, 0.717) is 12.6 Å². The number of carbonyl (C=O) groups excluding carboxylic acids is 1. The predicted octanol–water partition coefficient (Wildman–Crippen LogP) is 2.24. The predicted molar refractivity (Wildman–Crippen MR) is 107 cm³/mol. The third kappa shape index (κ3) is 5.98. The van der Waals surface area contributed by atoms with Crippen molar-refractivity contribution in [3.63, 3.8) is 0 Å². The summed E-state index contributed by atoms with van der Waals surface area (Å²) in [4.78, 5) is 20.9. The quantitative estimate of drug-likeness (QED) is 0.581. The molecule has 0 aromatic rings. The van der Waals surface area contributed by atoms with Crippen molar-refractivity contribution in [2.24, 2.45) is 0 Å². The van der Waals surface area contributed by atoms with E-state index >= 15 is 0 Å². The first kappa shape index (κ1) is 24.0. The summed E-state index contributed by atoms with van der Waals surface area (Å²) in [6, 6.07) is 0.370. The van der Waals surface area contributed by atoms with Gasteiger partial charge < -0.3 is 19.3 Å². The van der Waals surface area contributed by atoms with E-state index in [9.17, 15) is 4.79 Å². The Morgan fingerprint density at radius 1 is 1.12 bits per heavy atom. The van der Waals surface area contributed by atoms with Gasteiger partial charge in [-0.05, 0) is 39.3 Å². The first-order valence-corrected chi connectivity index (χ1v) is 12.5. The SMILES string of the molecule is CC.COC[C@]12CCCN1[C@@H](COC(=O)N1CCN(C)CC1)CC2.[CH3][Sb]. The minimum atomic E-state index is -0.142. The fourth-order valence-corrected chi connectivity index (χ4v) is 4.31. The minimum absolute atomic E-state index is 0.142. The van der Waals surface area contributed by atoms with Gasteiger partial charge in [0, 0.05) is 44.9 Å². The molecule has 7 heteroatoms. The molecule has 3 saturated heterocycles. The molecule has 0 bridgehead atoms. The average Bonchev–Trinajstić information content (AvgIpc) is 3.23. The molecule has 26 heavy (non-hydrogen) atoms. The summed E-state index contributed by atoms with van der Waals surface area (Å²) in [5, 5.41) is 0. The molecular formula is C19H38N3O3Sb. The Kier molecular flexibility index (Phi) is 11.5. The molecule has 0 unspecified atom stereocenters. The van der Waals surface area contributed by atoms with Gasteiger partial charge in [0.05, 0.1) is 6.61 Å². The van der Waals surface area contributed by atoms with Crippen LogP contribution in [0.3, 0.4) is 0 Å². The molecule has 0 aromatic heterocycles. The van der Waals surface area contributed by atoms with Gasteiger partial charge in [0.2, 0.25) is 0 Å². The number of likely N-dealkylation sites (N-methyl/N-ethyl adjacent to an activating group) is 1. The zero-order chi connectivity index (χ0) is 19.6. The van der Waals surface area contributed by atoms with Gasteiger partial charge in [-0.1, -0.05) is 13.8 Å². The van der Waals surface area contributed by atoms with Crippen LogP contribution in [0.2, 0.25) is 4.87 Å². The van der Waals surface area contributed by atoms with E-state index < -0.39 is 0 Å². The molecule has 3 aliphatic rings. The van der Waals surface area contributed by atoms with Crippen LogP contribution >= 0.6 is 0 Å². The Balaban J connectivity index is 0.000000791. The van der Waals surface area contributed by atoms with Gasteiger partial charge >= 0.3 is 34.0 Å². The Labute approximate surface area is 174 Å². The number of amides is 1. The van der Waals surface area contributed by atoms with E-state index in [2.05, 4.69) is 21.7 Å². The number of rotatable bonds is 4. The number of hydrogen-bond acceptors (Lipinski definition) is 5. The van der Waals surface area contributed by atoms with Crippen LogP contribution in [0.1, 0.15) is 39.5 Å². The number of hydrogen-bond donors (Lipinski definition) is 0. The molecule has 0 aliphatic carbocycles. The Bertz CT molecular complexity index is 405. The van der Waals surface area contributed by atoms with Crippen LogP contribution in [0.4, 0.5) is 4.79 Å². The average molecular weight is 478 g/mol. The van der Waals surface area contributed by atoms with Crippen molar-refractivity contribution in [1.29, 1.82) is 0 Å². The van der Waals surface area contributed by atoms with Crippen LogP contribution in [-0.4, -0.2) is 115 Å². The molecule has 3 fully saturated rings. The standard InChI is InChI=1S/C16H29N3O3.C2H6.CH3.Sb/c1-17-8-10-18(11-9-17)15(20)22-12-14-4-6-16(13-21-2)5-3-7-19(14)16;1-2;;/h14H,3-13H2,1-2H3;1-2H3;1H3;/t14-,16-;;;/m1.../s1. The fraction of sp³-hybridized carbons (Fsp3) is 0.947. The molecule has 1 amide bonds. The van der Waals surface area contributed by atoms with E-state index in [4.69, 9.17) is 9.47 Å². The van der Waals surface area contributed by atoms with Crippen LogP contribution < -0.4 is 0 Å². The maximum absolute atomic E-state index is 12.2. The Morgan fingerprint density at radius 3 is 2.38 bits per heavy atom. The molecule has 3 rings (SSSR count). The van der Waals surface area contributed by atoms with Crippen LogP contribution in [0.5, 0.6) is 0 Å². The van der Waals surface area contributed by atoms with E-state index in [0.717, 1.165) is 52.2 Å². The second-order valence-corrected chi connectivity index (χ2v) is 7.01. The van der Waals surface area contributed by atoms with Crippen LogP contribution in [0.25, 0.3) is 0 Å². The molecule has 3 aliphatic heterocycles. The van der Waals surface area contributed by atoms with Crippen molar-refractivity contribution >= 4 is 29.1 Å². The number of ether oxygens (including phenoxy) is 2. The number of carbonyl (C=O) groups is 1. The molecule has 2 radical (unpaired) electrons. The third-order valence-corrected chi connectivity index (χ3v) is 5.61.